The lowest BCUT2D eigenvalue weighted by atomic mass is 10.1. The van der Waals surface area contributed by atoms with Crippen LogP contribution in [0.1, 0.15) is 33.4 Å². The highest BCUT2D eigenvalue weighted by Gasteiger charge is 2.34. The summed E-state index contributed by atoms with van der Waals surface area (Å²) in [6, 6.07) is 23.4. The van der Waals surface area contributed by atoms with Crippen molar-refractivity contribution < 1.29 is 129 Å². The quantitative estimate of drug-likeness (QED) is 0.123. The van der Waals surface area contributed by atoms with E-state index in [2.05, 4.69) is 0 Å². The number of halogens is 24. The highest BCUT2D eigenvalue weighted by molar-refractivity contribution is 5.57. The molecule has 5 heterocycles. The normalized spacial score (nSPS) is 14.0. The van der Waals surface area contributed by atoms with E-state index in [0.29, 0.717) is 35.1 Å². The fraction of sp³-hybridized carbons (Fsp3) is 0.155. The third-order valence-electron chi connectivity index (χ3n) is 16.1. The molecule has 10 nitrogen and oxygen atoms in total. The zero-order valence-corrected chi connectivity index (χ0v) is 52.7. The monoisotopic (exact) mass is 1500 g/mol. The predicted molar refractivity (Wildman–Crippen MR) is 327 cm³/mol. The topological polar surface area (TPSA) is 62.3 Å². The number of anilines is 5. The average molecular weight is 1500 g/mol. The Bertz CT molecular complexity index is 4920. The van der Waals surface area contributed by atoms with Gasteiger partial charge in [-0.1, -0.05) is 6.07 Å². The van der Waals surface area contributed by atoms with E-state index in [1.165, 1.54) is 52.3 Å². The zero-order valence-electron chi connectivity index (χ0n) is 52.7. The van der Waals surface area contributed by atoms with Crippen LogP contribution in [0, 0.1) is 122 Å². The lowest BCUT2D eigenvalue weighted by Gasteiger charge is -2.31. The SMILES string of the molecule is Fc1cc(F)c(N2COc3cc(F)c(F)cc3C2)c(F)c1.Fc1cc2c(c(F)c1F)CN(c1cccc(C(F)(F)F)c1)CO2.Fc1ccc(N2COc3cc(F)c(F)c(F)c3C2)c(F)c1.Fc1ccc(N2COc3cc(F)c(F)c(F)c3C2)cc1.Fc1ccc(N2COc3cc(F)c(F)cc3C2)cc1F. The Morgan fingerprint density at radius 3 is 1.10 bits per heavy atom. The van der Waals surface area contributed by atoms with Gasteiger partial charge in [-0.25, -0.2) is 92.2 Å². The van der Waals surface area contributed by atoms with Crippen LogP contribution in [-0.2, 0) is 38.9 Å². The van der Waals surface area contributed by atoms with E-state index in [0.717, 1.165) is 83.8 Å². The fourth-order valence-electron chi connectivity index (χ4n) is 10.8. The second-order valence-electron chi connectivity index (χ2n) is 22.9. The highest BCUT2D eigenvalue weighted by Crippen LogP contribution is 2.40. The summed E-state index contributed by atoms with van der Waals surface area (Å²) >= 11 is 0. The Kier molecular flexibility index (Phi) is 21.9. The van der Waals surface area contributed by atoms with E-state index >= 15 is 0 Å². The molecule has 0 fully saturated rings. The maximum atomic E-state index is 13.8. The van der Waals surface area contributed by atoms with Gasteiger partial charge in [-0.05, 0) is 78.9 Å². The van der Waals surface area contributed by atoms with Gasteiger partial charge in [-0.15, -0.1) is 0 Å². The lowest BCUT2D eigenvalue weighted by molar-refractivity contribution is -0.137. The number of rotatable bonds is 5. The zero-order chi connectivity index (χ0) is 75.6. The molecule has 0 bridgehead atoms. The molecule has 15 rings (SSSR count). The lowest BCUT2D eigenvalue weighted by Crippen LogP contribution is -2.33. The molecule has 5 aliphatic rings. The minimum Gasteiger partial charge on any atom is -0.473 e. The molecule has 550 valence electrons. The smallest absolute Gasteiger partial charge is 0.416 e. The van der Waals surface area contributed by atoms with E-state index in [4.69, 9.17) is 23.7 Å². The van der Waals surface area contributed by atoms with E-state index in [-0.39, 0.29) is 129 Å². The Labute approximate surface area is 576 Å². The number of ether oxygens (including phenoxy) is 5. The first-order valence-electron chi connectivity index (χ1n) is 30.1. The van der Waals surface area contributed by atoms with Gasteiger partial charge in [-0.2, -0.15) is 13.2 Å². The molecular formula is C71H43F24N5O5. The molecule has 0 N–H and O–H groups in total. The van der Waals surface area contributed by atoms with Crippen LogP contribution in [0.4, 0.5) is 134 Å². The largest absolute Gasteiger partial charge is 0.473 e. The van der Waals surface area contributed by atoms with Crippen LogP contribution >= 0.6 is 0 Å². The van der Waals surface area contributed by atoms with Crippen LogP contribution in [0.15, 0.2) is 140 Å². The number of benzene rings is 10. The number of alkyl halides is 3. The first kappa shape index (κ1) is 74.7. The Hall–Kier alpha value is -11.5. The minimum atomic E-state index is -4.52. The first-order valence-corrected chi connectivity index (χ1v) is 30.1. The van der Waals surface area contributed by atoms with Gasteiger partial charge >= 0.3 is 6.18 Å². The number of hydrogen-bond acceptors (Lipinski definition) is 10. The highest BCUT2D eigenvalue weighted by atomic mass is 19.4. The summed E-state index contributed by atoms with van der Waals surface area (Å²) in [6.45, 7) is -0.892. The van der Waals surface area contributed by atoms with Gasteiger partial charge in [0.15, 0.2) is 133 Å². The second kappa shape index (κ2) is 30.8. The van der Waals surface area contributed by atoms with Crippen molar-refractivity contribution in [2.45, 2.75) is 38.9 Å². The van der Waals surface area contributed by atoms with Crippen LogP contribution in [0.3, 0.4) is 0 Å². The maximum Gasteiger partial charge on any atom is 0.416 e. The number of nitrogens with zero attached hydrogens (tertiary/aromatic N) is 5. The molecule has 0 unspecified atom stereocenters. The van der Waals surface area contributed by atoms with Crippen molar-refractivity contribution in [1.82, 2.24) is 0 Å². The molecule has 10 aromatic carbocycles. The predicted octanol–water partition coefficient (Wildman–Crippen LogP) is 19.2. The van der Waals surface area contributed by atoms with E-state index in [1.54, 1.807) is 9.80 Å². The van der Waals surface area contributed by atoms with Crippen molar-refractivity contribution in [3.05, 3.63) is 295 Å². The Morgan fingerprint density at radius 2 is 0.629 bits per heavy atom. The number of fused-ring (bicyclic) bond motifs is 5. The minimum absolute atomic E-state index is 0.0141. The van der Waals surface area contributed by atoms with Gasteiger partial charge in [0, 0.05) is 89.3 Å². The van der Waals surface area contributed by atoms with E-state index < -0.39 is 140 Å². The Morgan fingerprint density at radius 1 is 0.257 bits per heavy atom. The second-order valence-corrected chi connectivity index (χ2v) is 22.9. The number of hydrogen-bond donors (Lipinski definition) is 0. The molecule has 0 atom stereocenters. The van der Waals surface area contributed by atoms with Crippen LogP contribution in [-0.4, -0.2) is 33.7 Å². The van der Waals surface area contributed by atoms with E-state index in [1.807, 2.05) is 0 Å². The molecule has 0 aromatic heterocycles. The molecule has 0 radical (unpaired) electrons. The third kappa shape index (κ3) is 16.6. The fourth-order valence-corrected chi connectivity index (χ4v) is 10.8. The van der Waals surface area contributed by atoms with Gasteiger partial charge in [-0.3, -0.25) is 0 Å². The molecular weight excluding hydrogens is 1460 g/mol. The molecule has 0 spiro atoms. The summed E-state index contributed by atoms with van der Waals surface area (Å²) < 4.78 is 343. The summed E-state index contributed by atoms with van der Waals surface area (Å²) in [5.74, 6) is -24.0. The van der Waals surface area contributed by atoms with Crippen molar-refractivity contribution in [2.75, 3.05) is 58.2 Å². The molecule has 34 heteroatoms. The summed E-state index contributed by atoms with van der Waals surface area (Å²) in [5.41, 5.74) is -0.0707. The molecule has 5 aliphatic heterocycles. The average Bonchev–Trinajstić information content (AvgIpc) is 0.799. The van der Waals surface area contributed by atoms with Crippen LogP contribution in [0.25, 0.3) is 0 Å². The summed E-state index contributed by atoms with van der Waals surface area (Å²) in [5, 5.41) is 0. The first-order chi connectivity index (χ1) is 49.8. The molecule has 0 saturated carbocycles. The summed E-state index contributed by atoms with van der Waals surface area (Å²) in [7, 11) is 0. The van der Waals surface area contributed by atoms with Gasteiger partial charge in [0.2, 0.25) is 0 Å². The van der Waals surface area contributed by atoms with Gasteiger partial charge in [0.1, 0.15) is 57.7 Å². The molecule has 10 aromatic rings. The standard InChI is InChI=1S/C15H9F6NO.2C14H8F5NO.2C14H9F4NO/c16-11-5-12-10(13(17)14(11)18)6-22(7-23-12)9-3-1-2-8(4-9)15(19,20)21;15-8-2-11(18)14(12(19)3-8)20-5-7-1-9(16)10(17)4-13(7)21-6-20;15-7-1-2-11(9(16)3-7)20-5-8-12(21-6-20)4-10(17)14(19)13(8)18;15-8-1-3-9(4-2-8)19-6-10-12(20-7-19)5-11(16)14(18)13(10)17;15-10-2-1-9(4-12(10)17)19-6-8-3-11(16)13(18)5-14(8)20-7-19/h1-5H,6-7H2;2*1-4H,5-6H2;2*1-5H,6-7H2. The molecule has 105 heavy (non-hydrogen) atoms. The van der Waals surface area contributed by atoms with Crippen molar-refractivity contribution in [3.63, 3.8) is 0 Å². The molecule has 0 amide bonds. The van der Waals surface area contributed by atoms with Crippen LogP contribution in [0.2, 0.25) is 0 Å². The van der Waals surface area contributed by atoms with Gasteiger partial charge < -0.3 is 48.2 Å². The van der Waals surface area contributed by atoms with Crippen molar-refractivity contribution in [3.8, 4) is 28.7 Å². The van der Waals surface area contributed by atoms with Crippen molar-refractivity contribution >= 4 is 28.4 Å². The van der Waals surface area contributed by atoms with Crippen LogP contribution < -0.4 is 48.2 Å². The van der Waals surface area contributed by atoms with Crippen molar-refractivity contribution in [2.24, 2.45) is 0 Å². The summed E-state index contributed by atoms with van der Waals surface area (Å²) in [6.07, 6.45) is -4.52. The molecule has 0 aliphatic carbocycles. The van der Waals surface area contributed by atoms with Gasteiger partial charge in [0.25, 0.3) is 0 Å². The third-order valence-corrected chi connectivity index (χ3v) is 16.1. The van der Waals surface area contributed by atoms with Crippen molar-refractivity contribution in [1.29, 1.82) is 0 Å². The van der Waals surface area contributed by atoms with Crippen LogP contribution in [0.5, 0.6) is 28.7 Å². The summed E-state index contributed by atoms with van der Waals surface area (Å²) in [4.78, 5) is 6.84. The van der Waals surface area contributed by atoms with E-state index in [9.17, 15) is 105 Å². The Balaban J connectivity index is 0.000000131. The van der Waals surface area contributed by atoms with Gasteiger partial charge in [0.05, 0.1) is 54.1 Å². The molecule has 0 saturated heterocycles. The maximum absolute atomic E-state index is 13.8.